The summed E-state index contributed by atoms with van der Waals surface area (Å²) in [6.07, 6.45) is 1.10. The van der Waals surface area contributed by atoms with Gasteiger partial charge in [0.25, 0.3) is 0 Å². The van der Waals surface area contributed by atoms with Crippen LogP contribution in [0.4, 0.5) is 5.69 Å². The van der Waals surface area contributed by atoms with Crippen molar-refractivity contribution in [2.24, 2.45) is 10.9 Å². The first-order valence-electron chi connectivity index (χ1n) is 8.50. The molecule has 8 heteroatoms. The van der Waals surface area contributed by atoms with Crippen molar-refractivity contribution < 1.29 is 13.2 Å². The Morgan fingerprint density at radius 1 is 1.32 bits per heavy atom. The van der Waals surface area contributed by atoms with Gasteiger partial charge in [0, 0.05) is 32.2 Å². The lowest BCUT2D eigenvalue weighted by atomic mass is 10.1. The van der Waals surface area contributed by atoms with Crippen LogP contribution in [0, 0.1) is 5.92 Å². The van der Waals surface area contributed by atoms with E-state index in [1.807, 2.05) is 30.3 Å². The minimum Gasteiger partial charge on any atom is -0.356 e. The van der Waals surface area contributed by atoms with Crippen molar-refractivity contribution in [3.05, 3.63) is 30.3 Å². The van der Waals surface area contributed by atoms with Crippen LogP contribution >= 0.6 is 0 Å². The lowest BCUT2D eigenvalue weighted by Gasteiger charge is -2.19. The first-order chi connectivity index (χ1) is 12.0. The van der Waals surface area contributed by atoms with Crippen LogP contribution in [0.3, 0.4) is 0 Å². The van der Waals surface area contributed by atoms with E-state index in [0.717, 1.165) is 5.69 Å². The molecule has 1 amide bonds. The predicted octanol–water partition coefficient (Wildman–Crippen LogP) is 0.392. The van der Waals surface area contributed by atoms with E-state index in [9.17, 15) is 13.2 Å². The molecule has 1 aromatic carbocycles. The smallest absolute Gasteiger partial charge is 0.229 e. The highest BCUT2D eigenvalue weighted by molar-refractivity contribution is 7.91. The SMILES string of the molecule is CN=C(NCC1CCS(=O)(=O)C1)NC1CC(=O)N(c2ccccc2)C1. The van der Waals surface area contributed by atoms with E-state index in [-0.39, 0.29) is 29.4 Å². The quantitative estimate of drug-likeness (QED) is 0.596. The van der Waals surface area contributed by atoms with E-state index in [4.69, 9.17) is 0 Å². The third-order valence-corrected chi connectivity index (χ3v) is 6.48. The first-order valence-corrected chi connectivity index (χ1v) is 10.3. The molecular weight excluding hydrogens is 340 g/mol. The minimum absolute atomic E-state index is 0.0220. The summed E-state index contributed by atoms with van der Waals surface area (Å²) < 4.78 is 23.0. The van der Waals surface area contributed by atoms with Crippen molar-refractivity contribution in [3.8, 4) is 0 Å². The van der Waals surface area contributed by atoms with Crippen LogP contribution in [-0.2, 0) is 14.6 Å². The van der Waals surface area contributed by atoms with Crippen LogP contribution in [0.1, 0.15) is 12.8 Å². The number of nitrogens with zero attached hydrogens (tertiary/aromatic N) is 2. The number of nitrogens with one attached hydrogen (secondary N) is 2. The third-order valence-electron chi connectivity index (χ3n) is 4.64. The molecule has 0 aliphatic carbocycles. The Kier molecular flexibility index (Phi) is 5.27. The van der Waals surface area contributed by atoms with Crippen molar-refractivity contribution in [3.63, 3.8) is 0 Å². The average molecular weight is 364 g/mol. The van der Waals surface area contributed by atoms with Crippen molar-refractivity contribution in [1.82, 2.24) is 10.6 Å². The lowest BCUT2D eigenvalue weighted by Crippen LogP contribution is -2.46. The monoisotopic (exact) mass is 364 g/mol. The maximum absolute atomic E-state index is 12.3. The molecule has 2 aliphatic heterocycles. The number of hydrogen-bond acceptors (Lipinski definition) is 4. The Balaban J connectivity index is 1.52. The van der Waals surface area contributed by atoms with Crippen LogP contribution in [-0.4, -0.2) is 58.0 Å². The van der Waals surface area contributed by atoms with Crippen LogP contribution in [0.2, 0.25) is 0 Å². The minimum atomic E-state index is -2.87. The number of para-hydroxylation sites is 1. The molecule has 0 saturated carbocycles. The van der Waals surface area contributed by atoms with E-state index in [1.54, 1.807) is 11.9 Å². The molecule has 25 heavy (non-hydrogen) atoms. The summed E-state index contributed by atoms with van der Waals surface area (Å²) in [5.41, 5.74) is 0.899. The number of sulfone groups is 1. The van der Waals surface area contributed by atoms with Crippen LogP contribution in [0.25, 0.3) is 0 Å². The fraction of sp³-hybridized carbons (Fsp3) is 0.529. The number of carbonyl (C=O) groups excluding carboxylic acids is 1. The normalized spacial score (nSPS) is 26.0. The van der Waals surface area contributed by atoms with Gasteiger partial charge in [-0.05, 0) is 24.5 Å². The highest BCUT2D eigenvalue weighted by Gasteiger charge is 2.31. The third kappa shape index (κ3) is 4.50. The van der Waals surface area contributed by atoms with Gasteiger partial charge >= 0.3 is 0 Å². The zero-order valence-electron chi connectivity index (χ0n) is 14.3. The Morgan fingerprint density at radius 2 is 2.08 bits per heavy atom. The van der Waals surface area contributed by atoms with E-state index < -0.39 is 9.84 Å². The Morgan fingerprint density at radius 3 is 2.72 bits per heavy atom. The van der Waals surface area contributed by atoms with E-state index in [0.29, 0.717) is 31.9 Å². The van der Waals surface area contributed by atoms with E-state index in [1.165, 1.54) is 0 Å². The number of benzene rings is 1. The topological polar surface area (TPSA) is 90.9 Å². The first kappa shape index (κ1) is 17.7. The molecule has 2 heterocycles. The molecule has 0 spiro atoms. The number of hydrogen-bond donors (Lipinski definition) is 2. The number of guanidine groups is 1. The van der Waals surface area contributed by atoms with Crippen molar-refractivity contribution in [2.75, 3.05) is 36.5 Å². The zero-order valence-corrected chi connectivity index (χ0v) is 15.1. The molecule has 2 saturated heterocycles. The van der Waals surface area contributed by atoms with Crippen molar-refractivity contribution >= 4 is 27.4 Å². The maximum Gasteiger partial charge on any atom is 0.229 e. The van der Waals surface area contributed by atoms with Gasteiger partial charge in [0.2, 0.25) is 5.91 Å². The van der Waals surface area contributed by atoms with Gasteiger partial charge in [-0.1, -0.05) is 18.2 Å². The predicted molar refractivity (Wildman–Crippen MR) is 98.5 cm³/mol. The summed E-state index contributed by atoms with van der Waals surface area (Å²) in [4.78, 5) is 18.2. The van der Waals surface area contributed by atoms with Crippen LogP contribution in [0.15, 0.2) is 35.3 Å². The standard InChI is InChI=1S/C17H24N4O3S/c1-18-17(19-10-13-7-8-25(23,24)12-13)20-14-9-16(22)21(11-14)15-5-3-2-4-6-15/h2-6,13-14H,7-12H2,1H3,(H2,18,19,20). The van der Waals surface area contributed by atoms with Gasteiger partial charge in [-0.15, -0.1) is 0 Å². The number of aliphatic imine (C=N–C) groups is 1. The van der Waals surface area contributed by atoms with Gasteiger partial charge in [-0.2, -0.15) is 0 Å². The Hall–Kier alpha value is -2.09. The van der Waals surface area contributed by atoms with Gasteiger partial charge in [-0.3, -0.25) is 9.79 Å². The molecule has 136 valence electrons. The van der Waals surface area contributed by atoms with Gasteiger partial charge in [0.1, 0.15) is 0 Å². The molecule has 7 nitrogen and oxygen atoms in total. The van der Waals surface area contributed by atoms with E-state index in [2.05, 4.69) is 15.6 Å². The van der Waals surface area contributed by atoms with Crippen molar-refractivity contribution in [2.45, 2.75) is 18.9 Å². The van der Waals surface area contributed by atoms with Crippen molar-refractivity contribution in [1.29, 1.82) is 0 Å². The van der Waals surface area contributed by atoms with E-state index >= 15 is 0 Å². The number of anilines is 1. The molecule has 2 aliphatic rings. The number of carbonyl (C=O) groups is 1. The Labute approximate surface area is 148 Å². The van der Waals surface area contributed by atoms with Crippen LogP contribution in [0.5, 0.6) is 0 Å². The molecule has 1 aromatic rings. The molecular formula is C17H24N4O3S. The molecule has 2 N–H and O–H groups in total. The van der Waals surface area contributed by atoms with Crippen LogP contribution < -0.4 is 15.5 Å². The second kappa shape index (κ2) is 7.43. The summed E-state index contributed by atoms with van der Waals surface area (Å²) in [5.74, 6) is 1.32. The Bertz CT molecular complexity index is 748. The maximum atomic E-state index is 12.3. The molecule has 2 unspecified atom stereocenters. The van der Waals surface area contributed by atoms with Gasteiger partial charge in [0.15, 0.2) is 15.8 Å². The zero-order chi connectivity index (χ0) is 17.9. The van der Waals surface area contributed by atoms with Gasteiger partial charge in [-0.25, -0.2) is 8.42 Å². The molecule has 0 aromatic heterocycles. The molecule has 2 fully saturated rings. The fourth-order valence-electron chi connectivity index (χ4n) is 3.32. The summed E-state index contributed by atoms with van der Waals surface area (Å²) in [7, 11) is -1.20. The molecule has 0 radical (unpaired) electrons. The summed E-state index contributed by atoms with van der Waals surface area (Å²) in [6.45, 7) is 1.16. The fourth-order valence-corrected chi connectivity index (χ4v) is 5.19. The second-order valence-corrected chi connectivity index (χ2v) is 8.84. The average Bonchev–Trinajstić information content (AvgIpc) is 3.14. The second-order valence-electron chi connectivity index (χ2n) is 6.61. The largest absolute Gasteiger partial charge is 0.356 e. The number of rotatable bonds is 4. The number of amides is 1. The summed E-state index contributed by atoms with van der Waals surface area (Å²) in [6, 6.07) is 9.58. The summed E-state index contributed by atoms with van der Waals surface area (Å²) >= 11 is 0. The van der Waals surface area contributed by atoms with Gasteiger partial charge in [0.05, 0.1) is 17.5 Å². The highest BCUT2D eigenvalue weighted by atomic mass is 32.2. The highest BCUT2D eigenvalue weighted by Crippen LogP contribution is 2.21. The molecule has 0 bridgehead atoms. The van der Waals surface area contributed by atoms with Gasteiger partial charge < -0.3 is 15.5 Å². The summed E-state index contributed by atoms with van der Waals surface area (Å²) in [5, 5.41) is 6.46. The lowest BCUT2D eigenvalue weighted by molar-refractivity contribution is -0.117. The molecule has 3 rings (SSSR count). The molecule has 2 atom stereocenters.